The number of aliphatic hydroxyl groups is 1. The minimum Gasteiger partial charge on any atom is -0.393 e. The van der Waals surface area contributed by atoms with Crippen LogP contribution < -0.4 is 5.32 Å². The van der Waals surface area contributed by atoms with Crippen LogP contribution in [0, 0.1) is 23.0 Å². The third-order valence-electron chi connectivity index (χ3n) is 3.60. The molecule has 0 spiro atoms. The lowest BCUT2D eigenvalue weighted by molar-refractivity contribution is -0.384. The van der Waals surface area contributed by atoms with Gasteiger partial charge in [0.15, 0.2) is 0 Å². The van der Waals surface area contributed by atoms with E-state index in [0.29, 0.717) is 6.54 Å². The highest BCUT2D eigenvalue weighted by Crippen LogP contribution is 2.27. The lowest BCUT2D eigenvalue weighted by Crippen LogP contribution is -2.30. The number of hydrogen-bond donors (Lipinski definition) is 2. The molecule has 0 saturated heterocycles. The van der Waals surface area contributed by atoms with E-state index in [9.17, 15) is 15.2 Å². The standard InChI is InChI=1S/C13H19N3O3/c1-9-6-11(16(18)19)13(14-7-9)15-8-10-4-2-3-5-12(10)17/h6-7,10,12,17H,2-5,8H2,1H3,(H,14,15). The van der Waals surface area contributed by atoms with Crippen molar-refractivity contribution in [1.29, 1.82) is 0 Å². The molecule has 0 radical (unpaired) electrons. The molecular weight excluding hydrogens is 246 g/mol. The van der Waals surface area contributed by atoms with Gasteiger partial charge in [0.05, 0.1) is 11.0 Å². The lowest BCUT2D eigenvalue weighted by atomic mass is 9.86. The summed E-state index contributed by atoms with van der Waals surface area (Å²) in [5.74, 6) is 0.435. The first-order valence-corrected chi connectivity index (χ1v) is 6.61. The average Bonchev–Trinajstić information content (AvgIpc) is 2.38. The van der Waals surface area contributed by atoms with E-state index < -0.39 is 4.92 Å². The fraction of sp³-hybridized carbons (Fsp3) is 0.615. The summed E-state index contributed by atoms with van der Waals surface area (Å²) in [6, 6.07) is 1.51. The molecule has 1 aliphatic rings. The van der Waals surface area contributed by atoms with Gasteiger partial charge in [-0.05, 0) is 25.3 Å². The topological polar surface area (TPSA) is 88.3 Å². The van der Waals surface area contributed by atoms with Crippen molar-refractivity contribution < 1.29 is 10.0 Å². The van der Waals surface area contributed by atoms with Crippen molar-refractivity contribution in [3.63, 3.8) is 0 Å². The van der Waals surface area contributed by atoms with Gasteiger partial charge >= 0.3 is 5.69 Å². The summed E-state index contributed by atoms with van der Waals surface area (Å²) in [4.78, 5) is 14.6. The molecule has 1 saturated carbocycles. The molecule has 1 fully saturated rings. The van der Waals surface area contributed by atoms with Crippen molar-refractivity contribution >= 4 is 11.5 Å². The van der Waals surface area contributed by atoms with Crippen LogP contribution in [0.2, 0.25) is 0 Å². The van der Waals surface area contributed by atoms with Crippen LogP contribution >= 0.6 is 0 Å². The number of anilines is 1. The van der Waals surface area contributed by atoms with Gasteiger partial charge in [-0.15, -0.1) is 0 Å². The highest BCUT2D eigenvalue weighted by molar-refractivity contribution is 5.56. The SMILES string of the molecule is Cc1cnc(NCC2CCCCC2O)c([N+](=O)[O-])c1. The van der Waals surface area contributed by atoms with Gasteiger partial charge in [0.2, 0.25) is 5.82 Å². The van der Waals surface area contributed by atoms with Crippen LogP contribution in [-0.4, -0.2) is 27.7 Å². The zero-order chi connectivity index (χ0) is 13.8. The van der Waals surface area contributed by atoms with Crippen molar-refractivity contribution in [2.45, 2.75) is 38.7 Å². The summed E-state index contributed by atoms with van der Waals surface area (Å²) in [5.41, 5.74) is 0.750. The van der Waals surface area contributed by atoms with E-state index in [1.54, 1.807) is 13.1 Å². The number of nitro groups is 1. The third-order valence-corrected chi connectivity index (χ3v) is 3.60. The van der Waals surface area contributed by atoms with Crippen LogP contribution in [0.15, 0.2) is 12.3 Å². The van der Waals surface area contributed by atoms with E-state index in [2.05, 4.69) is 10.3 Å². The smallest absolute Gasteiger partial charge is 0.311 e. The summed E-state index contributed by atoms with van der Waals surface area (Å²) in [6.45, 7) is 2.30. The Labute approximate surface area is 112 Å². The maximum absolute atomic E-state index is 11.0. The van der Waals surface area contributed by atoms with Crippen molar-refractivity contribution in [3.05, 3.63) is 27.9 Å². The summed E-state index contributed by atoms with van der Waals surface area (Å²) in [6.07, 6.45) is 5.22. The Balaban J connectivity index is 2.04. The molecule has 2 rings (SSSR count). The van der Waals surface area contributed by atoms with Gasteiger partial charge in [-0.25, -0.2) is 4.98 Å². The molecule has 0 aromatic carbocycles. The molecule has 0 amide bonds. The largest absolute Gasteiger partial charge is 0.393 e. The maximum Gasteiger partial charge on any atom is 0.311 e. The number of aliphatic hydroxyl groups excluding tert-OH is 1. The van der Waals surface area contributed by atoms with Crippen LogP contribution in [0.4, 0.5) is 11.5 Å². The van der Waals surface area contributed by atoms with Crippen molar-refractivity contribution in [1.82, 2.24) is 4.98 Å². The molecule has 2 atom stereocenters. The Morgan fingerprint density at radius 3 is 2.95 bits per heavy atom. The van der Waals surface area contributed by atoms with E-state index in [4.69, 9.17) is 0 Å². The molecule has 6 nitrogen and oxygen atoms in total. The van der Waals surface area contributed by atoms with Gasteiger partial charge < -0.3 is 10.4 Å². The number of nitrogens with one attached hydrogen (secondary N) is 1. The first-order chi connectivity index (χ1) is 9.08. The number of nitrogens with zero attached hydrogens (tertiary/aromatic N) is 2. The molecule has 2 N–H and O–H groups in total. The van der Waals surface area contributed by atoms with E-state index in [-0.39, 0.29) is 23.5 Å². The summed E-state index contributed by atoms with van der Waals surface area (Å²) >= 11 is 0. The zero-order valence-electron chi connectivity index (χ0n) is 11.0. The Morgan fingerprint density at radius 2 is 2.26 bits per heavy atom. The van der Waals surface area contributed by atoms with E-state index in [1.165, 1.54) is 6.07 Å². The second kappa shape index (κ2) is 5.97. The third kappa shape index (κ3) is 3.41. The molecule has 1 aromatic heterocycles. The second-order valence-corrected chi connectivity index (χ2v) is 5.13. The first-order valence-electron chi connectivity index (χ1n) is 6.61. The predicted molar refractivity (Wildman–Crippen MR) is 72.1 cm³/mol. The van der Waals surface area contributed by atoms with Crippen LogP contribution in [0.25, 0.3) is 0 Å². The molecule has 0 bridgehead atoms. The average molecular weight is 265 g/mol. The Morgan fingerprint density at radius 1 is 1.53 bits per heavy atom. The number of aryl methyl sites for hydroxylation is 1. The molecule has 1 aromatic rings. The molecule has 6 heteroatoms. The van der Waals surface area contributed by atoms with Gasteiger partial charge in [0.1, 0.15) is 0 Å². The molecule has 0 aliphatic heterocycles. The molecule has 2 unspecified atom stereocenters. The van der Waals surface area contributed by atoms with Gasteiger partial charge in [-0.3, -0.25) is 10.1 Å². The summed E-state index contributed by atoms with van der Waals surface area (Å²) in [7, 11) is 0. The van der Waals surface area contributed by atoms with Gasteiger partial charge in [-0.2, -0.15) is 0 Å². The van der Waals surface area contributed by atoms with Crippen molar-refractivity contribution in [3.8, 4) is 0 Å². The normalized spacial score (nSPS) is 23.1. The molecule has 104 valence electrons. The van der Waals surface area contributed by atoms with E-state index in [1.807, 2.05) is 0 Å². The fourth-order valence-corrected chi connectivity index (χ4v) is 2.48. The predicted octanol–water partition coefficient (Wildman–Crippen LogP) is 2.26. The molecule has 19 heavy (non-hydrogen) atoms. The number of rotatable bonds is 4. The van der Waals surface area contributed by atoms with Crippen molar-refractivity contribution in [2.24, 2.45) is 5.92 Å². The van der Waals surface area contributed by atoms with Gasteiger partial charge in [0, 0.05) is 24.7 Å². The van der Waals surface area contributed by atoms with Crippen LogP contribution in [-0.2, 0) is 0 Å². The van der Waals surface area contributed by atoms with E-state index >= 15 is 0 Å². The Bertz CT molecular complexity index is 464. The highest BCUT2D eigenvalue weighted by Gasteiger charge is 2.24. The minimum absolute atomic E-state index is 0.00898. The fourth-order valence-electron chi connectivity index (χ4n) is 2.48. The van der Waals surface area contributed by atoms with Gasteiger partial charge in [0.25, 0.3) is 0 Å². The van der Waals surface area contributed by atoms with E-state index in [0.717, 1.165) is 31.2 Å². The van der Waals surface area contributed by atoms with Crippen LogP contribution in [0.1, 0.15) is 31.2 Å². The van der Waals surface area contributed by atoms with Gasteiger partial charge in [-0.1, -0.05) is 12.8 Å². The number of pyridine rings is 1. The summed E-state index contributed by atoms with van der Waals surface area (Å²) in [5, 5.41) is 23.9. The van der Waals surface area contributed by atoms with Crippen LogP contribution in [0.3, 0.4) is 0 Å². The Kier molecular flexibility index (Phi) is 4.31. The molecule has 1 heterocycles. The maximum atomic E-state index is 11.0. The zero-order valence-corrected chi connectivity index (χ0v) is 11.0. The Hall–Kier alpha value is -1.69. The monoisotopic (exact) mass is 265 g/mol. The number of hydrogen-bond acceptors (Lipinski definition) is 5. The van der Waals surface area contributed by atoms with Crippen LogP contribution in [0.5, 0.6) is 0 Å². The number of aromatic nitrogens is 1. The van der Waals surface area contributed by atoms with Crippen molar-refractivity contribution in [2.75, 3.05) is 11.9 Å². The second-order valence-electron chi connectivity index (χ2n) is 5.13. The summed E-state index contributed by atoms with van der Waals surface area (Å²) < 4.78 is 0. The molecule has 1 aliphatic carbocycles. The lowest BCUT2D eigenvalue weighted by Gasteiger charge is -2.27. The molecular formula is C13H19N3O3. The minimum atomic E-state index is -0.431. The highest BCUT2D eigenvalue weighted by atomic mass is 16.6. The first kappa shape index (κ1) is 13.7. The quantitative estimate of drug-likeness (QED) is 0.644.